The monoisotopic (exact) mass is 458 g/mol. The van der Waals surface area contributed by atoms with Crippen LogP contribution in [0.4, 0.5) is 5.69 Å². The Morgan fingerprint density at radius 2 is 1.86 bits per heavy atom. The van der Waals surface area contributed by atoms with Gasteiger partial charge in [-0.25, -0.2) is 4.79 Å². The second-order valence-electron chi connectivity index (χ2n) is 6.00. The van der Waals surface area contributed by atoms with Gasteiger partial charge in [0.15, 0.2) is 5.11 Å². The second-order valence-corrected chi connectivity index (χ2v) is 7.30. The third kappa shape index (κ3) is 3.88. The quantitative estimate of drug-likeness (QED) is 0.330. The molecule has 2 aromatic rings. The molecule has 2 amide bonds. The van der Waals surface area contributed by atoms with Crippen molar-refractivity contribution >= 4 is 62.8 Å². The number of nitrogens with one attached hydrogen (secondary N) is 1. The summed E-state index contributed by atoms with van der Waals surface area (Å²) in [5.41, 5.74) is 2.32. The van der Waals surface area contributed by atoms with Crippen molar-refractivity contribution in [2.24, 2.45) is 0 Å². The van der Waals surface area contributed by atoms with Crippen molar-refractivity contribution in [1.82, 2.24) is 5.32 Å². The van der Waals surface area contributed by atoms with Crippen molar-refractivity contribution in [2.45, 2.75) is 6.92 Å². The van der Waals surface area contributed by atoms with Gasteiger partial charge in [-0.05, 0) is 66.7 Å². The molecule has 8 heteroatoms. The van der Waals surface area contributed by atoms with Gasteiger partial charge in [-0.1, -0.05) is 28.1 Å². The Kier molecular flexibility index (Phi) is 5.71. The summed E-state index contributed by atoms with van der Waals surface area (Å²) in [6.07, 6.45) is 1.46. The van der Waals surface area contributed by atoms with Gasteiger partial charge < -0.3 is 4.74 Å². The van der Waals surface area contributed by atoms with Crippen LogP contribution in [-0.2, 0) is 14.3 Å². The molecule has 0 atom stereocenters. The number of benzene rings is 2. The highest BCUT2D eigenvalue weighted by Gasteiger charge is 2.35. The zero-order chi connectivity index (χ0) is 20.4. The van der Waals surface area contributed by atoms with E-state index in [2.05, 4.69) is 26.0 Å². The van der Waals surface area contributed by atoms with Crippen LogP contribution in [0.3, 0.4) is 0 Å². The van der Waals surface area contributed by atoms with Crippen LogP contribution in [0.25, 0.3) is 6.08 Å². The van der Waals surface area contributed by atoms with E-state index in [1.165, 1.54) is 18.1 Å². The van der Waals surface area contributed by atoms with Crippen molar-refractivity contribution in [3.05, 3.63) is 69.2 Å². The number of carbonyl (C=O) groups is 3. The standard InChI is InChI=1S/C20H15BrN2O4S/c1-11-9-14(21)7-8-16(11)23-18(25)15(17(24)22-20(23)28)10-12-3-5-13(6-4-12)19(26)27-2/h3-10H,1-2H3,(H,22,24,28)/b15-10+. The normalized spacial score (nSPS) is 15.6. The van der Waals surface area contributed by atoms with Crippen LogP contribution in [0.15, 0.2) is 52.5 Å². The molecule has 2 aromatic carbocycles. The Bertz CT molecular complexity index is 1030. The highest BCUT2D eigenvalue weighted by molar-refractivity contribution is 9.10. The number of amides is 2. The maximum atomic E-state index is 13.0. The molecule has 6 nitrogen and oxygen atoms in total. The molecule has 1 saturated heterocycles. The molecule has 0 aromatic heterocycles. The highest BCUT2D eigenvalue weighted by Crippen LogP contribution is 2.27. The lowest BCUT2D eigenvalue weighted by Crippen LogP contribution is -2.54. The molecule has 0 aliphatic carbocycles. The van der Waals surface area contributed by atoms with Gasteiger partial charge in [-0.3, -0.25) is 19.8 Å². The predicted molar refractivity (Wildman–Crippen MR) is 113 cm³/mol. The van der Waals surface area contributed by atoms with E-state index in [-0.39, 0.29) is 10.7 Å². The molecular formula is C20H15BrN2O4S. The Hall–Kier alpha value is -2.84. The number of ether oxygens (including phenoxy) is 1. The van der Waals surface area contributed by atoms with Crippen LogP contribution < -0.4 is 10.2 Å². The van der Waals surface area contributed by atoms with Crippen LogP contribution in [0.1, 0.15) is 21.5 Å². The first-order chi connectivity index (χ1) is 13.3. The summed E-state index contributed by atoms with van der Waals surface area (Å²) < 4.78 is 5.53. The molecule has 0 saturated carbocycles. The molecule has 28 heavy (non-hydrogen) atoms. The zero-order valence-corrected chi connectivity index (χ0v) is 17.4. The third-order valence-electron chi connectivity index (χ3n) is 4.14. The summed E-state index contributed by atoms with van der Waals surface area (Å²) in [5.74, 6) is -1.55. The van der Waals surface area contributed by atoms with E-state index in [9.17, 15) is 14.4 Å². The number of methoxy groups -OCH3 is 1. The van der Waals surface area contributed by atoms with Crippen LogP contribution in [0.5, 0.6) is 0 Å². The number of carbonyl (C=O) groups excluding carboxylic acids is 3. The lowest BCUT2D eigenvalue weighted by atomic mass is 10.0. The van der Waals surface area contributed by atoms with Gasteiger partial charge >= 0.3 is 5.97 Å². The number of rotatable bonds is 3. The minimum atomic E-state index is -0.571. The second kappa shape index (κ2) is 8.04. The third-order valence-corrected chi connectivity index (χ3v) is 4.92. The summed E-state index contributed by atoms with van der Waals surface area (Å²) in [6.45, 7) is 1.85. The van der Waals surface area contributed by atoms with Crippen molar-refractivity contribution in [3.63, 3.8) is 0 Å². The minimum Gasteiger partial charge on any atom is -0.465 e. The van der Waals surface area contributed by atoms with Gasteiger partial charge in [0.1, 0.15) is 5.57 Å². The zero-order valence-electron chi connectivity index (χ0n) is 15.0. The summed E-state index contributed by atoms with van der Waals surface area (Å²) >= 11 is 8.60. The van der Waals surface area contributed by atoms with E-state index in [4.69, 9.17) is 12.2 Å². The van der Waals surface area contributed by atoms with Gasteiger partial charge in [0.2, 0.25) is 0 Å². The molecule has 0 unspecified atom stereocenters. The van der Waals surface area contributed by atoms with Gasteiger partial charge in [-0.15, -0.1) is 0 Å². The Morgan fingerprint density at radius 1 is 1.18 bits per heavy atom. The van der Waals surface area contributed by atoms with Gasteiger partial charge in [0, 0.05) is 4.47 Å². The van der Waals surface area contributed by atoms with Crippen LogP contribution >= 0.6 is 28.1 Å². The maximum Gasteiger partial charge on any atom is 0.337 e. The highest BCUT2D eigenvalue weighted by atomic mass is 79.9. The van der Waals surface area contributed by atoms with E-state index in [0.717, 1.165) is 10.0 Å². The molecular weight excluding hydrogens is 444 g/mol. The predicted octanol–water partition coefficient (Wildman–Crippen LogP) is 3.38. The molecule has 1 aliphatic heterocycles. The average Bonchev–Trinajstić information content (AvgIpc) is 2.66. The first kappa shape index (κ1) is 19.9. The first-order valence-corrected chi connectivity index (χ1v) is 9.38. The fourth-order valence-corrected chi connectivity index (χ4v) is 3.50. The fraction of sp³-hybridized carbons (Fsp3) is 0.100. The minimum absolute atomic E-state index is 0.0265. The number of esters is 1. The number of hydrogen-bond donors (Lipinski definition) is 1. The van der Waals surface area contributed by atoms with Crippen LogP contribution in [0, 0.1) is 6.92 Å². The summed E-state index contributed by atoms with van der Waals surface area (Å²) in [5, 5.41) is 2.58. The Labute approximate surface area is 175 Å². The first-order valence-electron chi connectivity index (χ1n) is 8.18. The van der Waals surface area contributed by atoms with Crippen molar-refractivity contribution in [3.8, 4) is 0 Å². The van der Waals surface area contributed by atoms with Crippen molar-refractivity contribution in [2.75, 3.05) is 12.0 Å². The number of thiocarbonyl (C=S) groups is 1. The largest absolute Gasteiger partial charge is 0.465 e. The van der Waals surface area contributed by atoms with Crippen LogP contribution in [0.2, 0.25) is 0 Å². The van der Waals surface area contributed by atoms with E-state index >= 15 is 0 Å². The van der Waals surface area contributed by atoms with Crippen molar-refractivity contribution in [1.29, 1.82) is 0 Å². The maximum absolute atomic E-state index is 13.0. The van der Waals surface area contributed by atoms with E-state index < -0.39 is 17.8 Å². The number of nitrogens with zero attached hydrogens (tertiary/aromatic N) is 1. The molecule has 0 radical (unpaired) electrons. The van der Waals surface area contributed by atoms with Gasteiger partial charge in [-0.2, -0.15) is 0 Å². The molecule has 1 heterocycles. The molecule has 3 rings (SSSR count). The molecule has 1 fully saturated rings. The summed E-state index contributed by atoms with van der Waals surface area (Å²) in [4.78, 5) is 38.2. The van der Waals surface area contributed by atoms with E-state index in [1.807, 2.05) is 13.0 Å². The fourth-order valence-electron chi connectivity index (χ4n) is 2.75. The summed E-state index contributed by atoms with van der Waals surface area (Å²) in [6, 6.07) is 11.8. The topological polar surface area (TPSA) is 75.7 Å². The Balaban J connectivity index is 1.97. The molecule has 1 aliphatic rings. The number of aryl methyl sites for hydroxylation is 1. The number of halogens is 1. The van der Waals surface area contributed by atoms with E-state index in [0.29, 0.717) is 16.8 Å². The average molecular weight is 459 g/mol. The number of anilines is 1. The lowest BCUT2D eigenvalue weighted by Gasteiger charge is -2.30. The molecule has 0 bridgehead atoms. The Morgan fingerprint density at radius 3 is 2.46 bits per heavy atom. The number of hydrogen-bond acceptors (Lipinski definition) is 5. The SMILES string of the molecule is COC(=O)c1ccc(/C=C2\C(=O)NC(=S)N(c3ccc(Br)cc3C)C2=O)cc1. The van der Waals surface area contributed by atoms with Crippen LogP contribution in [-0.4, -0.2) is 30.0 Å². The lowest BCUT2D eigenvalue weighted by molar-refractivity contribution is -0.122. The summed E-state index contributed by atoms with van der Waals surface area (Å²) in [7, 11) is 1.30. The molecule has 142 valence electrons. The molecule has 0 spiro atoms. The smallest absolute Gasteiger partial charge is 0.337 e. The van der Waals surface area contributed by atoms with Crippen molar-refractivity contribution < 1.29 is 19.1 Å². The van der Waals surface area contributed by atoms with E-state index in [1.54, 1.807) is 36.4 Å². The molecule has 1 N–H and O–H groups in total. The van der Waals surface area contributed by atoms with Gasteiger partial charge in [0.05, 0.1) is 18.4 Å². The van der Waals surface area contributed by atoms with Gasteiger partial charge in [0.25, 0.3) is 11.8 Å².